The van der Waals surface area contributed by atoms with Crippen molar-refractivity contribution in [1.82, 2.24) is 14.9 Å². The maximum absolute atomic E-state index is 14.0. The highest BCUT2D eigenvalue weighted by molar-refractivity contribution is 5.90. The Bertz CT molecular complexity index is 705. The number of ether oxygens (including phenoxy) is 1. The number of hydrogen-bond donors (Lipinski definition) is 0. The van der Waals surface area contributed by atoms with Gasteiger partial charge in [0.1, 0.15) is 6.17 Å². The Morgan fingerprint density at radius 2 is 2.16 bits per heavy atom. The monoisotopic (exact) mass is 350 g/mol. The predicted molar refractivity (Wildman–Crippen MR) is 84.9 cm³/mol. The largest absolute Gasteiger partial charge is 0.423 e. The zero-order valence-electron chi connectivity index (χ0n) is 14.0. The van der Waals surface area contributed by atoms with Crippen LogP contribution in [0, 0.1) is 0 Å². The van der Waals surface area contributed by atoms with E-state index in [0.29, 0.717) is 0 Å². The molecule has 3 heterocycles. The number of halogens is 1. The topological polar surface area (TPSA) is 65.3 Å². The summed E-state index contributed by atoms with van der Waals surface area (Å²) in [6.45, 7) is 0.434. The van der Waals surface area contributed by atoms with Crippen molar-refractivity contribution in [2.75, 3.05) is 38.7 Å². The highest BCUT2D eigenvalue weighted by atomic mass is 19.2. The molecule has 0 radical (unpaired) electrons. The van der Waals surface area contributed by atoms with E-state index >= 15 is 0 Å². The molecule has 1 aromatic rings. The molecule has 1 aromatic carbocycles. The van der Waals surface area contributed by atoms with E-state index in [1.807, 2.05) is 18.2 Å². The summed E-state index contributed by atoms with van der Waals surface area (Å²) in [5.41, 5.74) is 0.717. The minimum absolute atomic E-state index is 0.0477. The van der Waals surface area contributed by atoms with Crippen molar-refractivity contribution < 1.29 is 23.6 Å². The van der Waals surface area contributed by atoms with Crippen LogP contribution >= 0.6 is 0 Å². The van der Waals surface area contributed by atoms with E-state index in [1.165, 1.54) is 22.0 Å². The molecule has 8 nitrogen and oxygen atoms in total. The van der Waals surface area contributed by atoms with Gasteiger partial charge in [-0.25, -0.2) is 9.18 Å². The Hall–Kier alpha value is -2.23. The minimum atomic E-state index is -1.46. The lowest BCUT2D eigenvalue weighted by Gasteiger charge is -2.31. The molecule has 0 bridgehead atoms. The number of anilines is 1. The van der Waals surface area contributed by atoms with Gasteiger partial charge in [-0.2, -0.15) is 0 Å². The summed E-state index contributed by atoms with van der Waals surface area (Å²) >= 11 is 0. The maximum Gasteiger partial charge on any atom is 0.416 e. The Balaban J connectivity index is 1.35. The normalized spacial score (nSPS) is 33.5. The number of para-hydroxylation sites is 1. The number of nitrogens with zero attached hydrogens (tertiary/aromatic N) is 4. The van der Waals surface area contributed by atoms with E-state index in [-0.39, 0.29) is 25.5 Å². The van der Waals surface area contributed by atoms with Crippen molar-refractivity contribution in [2.45, 2.75) is 18.2 Å². The molecule has 3 aliphatic rings. The molecule has 25 heavy (non-hydrogen) atoms. The van der Waals surface area contributed by atoms with Gasteiger partial charge >= 0.3 is 6.09 Å². The predicted octanol–water partition coefficient (Wildman–Crippen LogP) is 0.612. The number of likely N-dealkylation sites (N-methyl/N-ethyl adjacent to an activating group) is 1. The van der Waals surface area contributed by atoms with Crippen LogP contribution in [-0.4, -0.2) is 78.8 Å². The summed E-state index contributed by atoms with van der Waals surface area (Å²) in [4.78, 5) is 34.0. The number of carbonyl (C=O) groups excluding carboxylic acids is 2. The van der Waals surface area contributed by atoms with Crippen molar-refractivity contribution in [3.8, 4) is 0 Å². The fraction of sp³-hybridized carbons (Fsp3) is 0.500. The molecule has 2 amide bonds. The first-order chi connectivity index (χ1) is 12.0. The Labute approximate surface area is 144 Å². The molecular weight excluding hydrogens is 331 g/mol. The fourth-order valence-corrected chi connectivity index (χ4v) is 3.42. The van der Waals surface area contributed by atoms with Crippen LogP contribution < -0.4 is 4.90 Å². The number of cyclic esters (lactones) is 1. The summed E-state index contributed by atoms with van der Waals surface area (Å²) in [6, 6.07) is 9.12. The first-order valence-corrected chi connectivity index (χ1v) is 8.01. The molecule has 0 aromatic heterocycles. The van der Waals surface area contributed by atoms with Gasteiger partial charge in [0.15, 0.2) is 6.23 Å². The Kier molecular flexibility index (Phi) is 3.67. The average molecular weight is 350 g/mol. The van der Waals surface area contributed by atoms with Gasteiger partial charge in [0.25, 0.3) is 0 Å². The molecular formula is C16H19FN4O4. The maximum atomic E-state index is 14.0. The lowest BCUT2D eigenvalue weighted by atomic mass is 10.2. The van der Waals surface area contributed by atoms with Gasteiger partial charge in [-0.15, -0.1) is 5.06 Å². The van der Waals surface area contributed by atoms with Gasteiger partial charge < -0.3 is 9.64 Å². The minimum Gasteiger partial charge on any atom is -0.423 e. The van der Waals surface area contributed by atoms with Gasteiger partial charge in [0.05, 0.1) is 26.7 Å². The van der Waals surface area contributed by atoms with Crippen LogP contribution in [0.3, 0.4) is 0 Å². The molecule has 4 unspecified atom stereocenters. The number of benzene rings is 1. The number of likely N-dealkylation sites (tertiary alicyclic amines) is 1. The second-order valence-electron chi connectivity index (χ2n) is 6.39. The quantitative estimate of drug-likeness (QED) is 0.573. The number of amides is 2. The van der Waals surface area contributed by atoms with Crippen molar-refractivity contribution >= 4 is 17.7 Å². The number of carbonyl (C=O) groups is 2. The lowest BCUT2D eigenvalue weighted by molar-refractivity contribution is -0.140. The van der Waals surface area contributed by atoms with Crippen LogP contribution in [0.5, 0.6) is 0 Å². The van der Waals surface area contributed by atoms with Crippen LogP contribution in [0.4, 0.5) is 14.9 Å². The molecule has 134 valence electrons. The van der Waals surface area contributed by atoms with E-state index in [2.05, 4.69) is 0 Å². The van der Waals surface area contributed by atoms with Crippen LogP contribution in [0.25, 0.3) is 0 Å². The third-order valence-corrected chi connectivity index (χ3v) is 4.91. The number of alkyl halides is 1. The third kappa shape index (κ3) is 2.46. The Morgan fingerprint density at radius 1 is 1.44 bits per heavy atom. The molecule has 9 heteroatoms. The van der Waals surface area contributed by atoms with Crippen LogP contribution in [0.2, 0.25) is 0 Å². The van der Waals surface area contributed by atoms with Gasteiger partial charge in [0.2, 0.25) is 11.7 Å². The van der Waals surface area contributed by atoms with E-state index in [0.717, 1.165) is 5.69 Å². The standard InChI is InChI=1S/C16H19FN4O4/c1-18(12(22)8-19-10-16(17)14(19)21(16)24-2)13-9-20(15(23)25-13)11-6-4-3-5-7-11/h3-7,13-14H,8-10H2,1-2H3. The summed E-state index contributed by atoms with van der Waals surface area (Å²) in [5, 5.41) is 1.23. The molecule has 3 aliphatic heterocycles. The average Bonchev–Trinajstić information content (AvgIpc) is 2.89. The van der Waals surface area contributed by atoms with Crippen LogP contribution in [-0.2, 0) is 14.4 Å². The molecule has 3 saturated heterocycles. The van der Waals surface area contributed by atoms with Crippen LogP contribution in [0.1, 0.15) is 0 Å². The molecule has 0 N–H and O–H groups in total. The first-order valence-electron chi connectivity index (χ1n) is 8.01. The van der Waals surface area contributed by atoms with Crippen molar-refractivity contribution in [3.63, 3.8) is 0 Å². The third-order valence-electron chi connectivity index (χ3n) is 4.91. The molecule has 0 saturated carbocycles. The van der Waals surface area contributed by atoms with E-state index in [1.54, 1.807) is 24.1 Å². The zero-order valence-corrected chi connectivity index (χ0v) is 14.0. The van der Waals surface area contributed by atoms with Crippen LogP contribution in [0.15, 0.2) is 30.3 Å². The highest BCUT2D eigenvalue weighted by Crippen LogP contribution is 2.53. The van der Waals surface area contributed by atoms with Gasteiger partial charge in [-0.3, -0.25) is 19.4 Å². The van der Waals surface area contributed by atoms with Gasteiger partial charge in [-0.1, -0.05) is 18.2 Å². The van der Waals surface area contributed by atoms with Gasteiger partial charge in [-0.05, 0) is 12.1 Å². The molecule has 0 aliphatic carbocycles. The van der Waals surface area contributed by atoms with E-state index in [4.69, 9.17) is 9.57 Å². The molecule has 4 rings (SSSR count). The Morgan fingerprint density at radius 3 is 2.80 bits per heavy atom. The number of hydrogen-bond acceptors (Lipinski definition) is 6. The zero-order chi connectivity index (χ0) is 17.8. The molecule has 3 fully saturated rings. The van der Waals surface area contributed by atoms with Crippen molar-refractivity contribution in [3.05, 3.63) is 30.3 Å². The van der Waals surface area contributed by atoms with Gasteiger partial charge in [0, 0.05) is 12.7 Å². The molecule has 0 spiro atoms. The smallest absolute Gasteiger partial charge is 0.416 e. The SMILES string of the molecule is CON1C2N(CC(=O)N(C)C3CN(c4ccccc4)C(=O)O3)CC21F. The first kappa shape index (κ1) is 16.2. The second-order valence-corrected chi connectivity index (χ2v) is 6.39. The van der Waals surface area contributed by atoms with E-state index < -0.39 is 24.3 Å². The number of rotatable bonds is 5. The van der Waals surface area contributed by atoms with Crippen molar-refractivity contribution in [1.29, 1.82) is 0 Å². The summed E-state index contributed by atoms with van der Waals surface area (Å²) in [6.07, 6.45) is -1.66. The number of fused-ring (bicyclic) bond motifs is 1. The summed E-state index contributed by atoms with van der Waals surface area (Å²) < 4.78 is 19.3. The highest BCUT2D eigenvalue weighted by Gasteiger charge is 2.77. The molecule has 4 atom stereocenters. The number of hydroxylamine groups is 2. The second kappa shape index (κ2) is 5.65. The lowest BCUT2D eigenvalue weighted by Crippen LogP contribution is -2.53. The van der Waals surface area contributed by atoms with Crippen molar-refractivity contribution in [2.24, 2.45) is 0 Å². The summed E-state index contributed by atoms with van der Waals surface area (Å²) in [5.74, 6) is -1.70. The summed E-state index contributed by atoms with van der Waals surface area (Å²) in [7, 11) is 2.99. The fourth-order valence-electron chi connectivity index (χ4n) is 3.42. The van der Waals surface area contributed by atoms with E-state index in [9.17, 15) is 14.0 Å².